The van der Waals surface area contributed by atoms with Crippen LogP contribution >= 0.6 is 12.4 Å². The average Bonchev–Trinajstić information content (AvgIpc) is 2.84. The number of amides is 1. The van der Waals surface area contributed by atoms with E-state index in [2.05, 4.69) is 22.3 Å². The summed E-state index contributed by atoms with van der Waals surface area (Å²) in [5.74, 6) is -0.472. The average molecular weight is 370 g/mol. The van der Waals surface area contributed by atoms with Crippen LogP contribution in [-0.4, -0.2) is 57.0 Å². The number of aliphatic hydroxyl groups is 1. The van der Waals surface area contributed by atoms with E-state index >= 15 is 0 Å². The number of aliphatic hydroxyl groups excluding tert-OH is 1. The molecule has 1 saturated heterocycles. The number of hydrogen-bond acceptors (Lipinski definition) is 5. The fourth-order valence-electron chi connectivity index (χ4n) is 3.07. The number of hydrogen-bond donors (Lipinski definition) is 4. The molecule has 7 nitrogen and oxygen atoms in total. The van der Waals surface area contributed by atoms with Crippen molar-refractivity contribution in [1.29, 1.82) is 0 Å². The van der Waals surface area contributed by atoms with Gasteiger partial charge in [-0.3, -0.25) is 4.79 Å². The third-order valence-corrected chi connectivity index (χ3v) is 5.88. The second kappa shape index (κ2) is 9.17. The number of rotatable bonds is 6. The van der Waals surface area contributed by atoms with Crippen LogP contribution in [0.5, 0.6) is 0 Å². The molecule has 4 N–H and O–H groups in total. The van der Waals surface area contributed by atoms with E-state index in [1.165, 1.54) is 0 Å². The van der Waals surface area contributed by atoms with E-state index in [1.54, 1.807) is 0 Å². The predicted octanol–water partition coefficient (Wildman–Crippen LogP) is -0.397. The number of nitrogens with one attached hydrogen (secondary N) is 3. The third-order valence-electron chi connectivity index (χ3n) is 4.55. The van der Waals surface area contributed by atoms with Gasteiger partial charge in [0.05, 0.1) is 6.10 Å². The van der Waals surface area contributed by atoms with Gasteiger partial charge in [-0.2, -0.15) is 0 Å². The van der Waals surface area contributed by atoms with Gasteiger partial charge in [0.2, 0.25) is 15.9 Å². The summed E-state index contributed by atoms with van der Waals surface area (Å²) in [5, 5.41) is 15.2. The molecule has 1 heterocycles. The molecule has 0 radical (unpaired) electrons. The minimum Gasteiger partial charge on any atom is -0.391 e. The molecule has 0 aromatic carbocycles. The summed E-state index contributed by atoms with van der Waals surface area (Å²) in [6, 6.07) is -0.0464. The van der Waals surface area contributed by atoms with Crippen LogP contribution in [0, 0.1) is 11.8 Å². The SMILES string of the molecule is CC1CCC(NS(=O)(=O)CC(=O)NCC2CNCC2O)CC1.Cl. The van der Waals surface area contributed by atoms with Gasteiger partial charge in [0, 0.05) is 31.6 Å². The summed E-state index contributed by atoms with van der Waals surface area (Å²) < 4.78 is 26.7. The lowest BCUT2D eigenvalue weighted by Crippen LogP contribution is -2.43. The summed E-state index contributed by atoms with van der Waals surface area (Å²) in [4.78, 5) is 11.8. The van der Waals surface area contributed by atoms with Gasteiger partial charge in [-0.15, -0.1) is 12.4 Å². The molecule has 2 unspecified atom stereocenters. The molecule has 136 valence electrons. The Morgan fingerprint density at radius 2 is 1.87 bits per heavy atom. The van der Waals surface area contributed by atoms with Crippen LogP contribution < -0.4 is 15.4 Å². The molecule has 2 rings (SSSR count). The maximum absolute atomic E-state index is 12.0. The highest BCUT2D eigenvalue weighted by molar-refractivity contribution is 7.90. The number of β-amino-alcohol motifs (C(OH)–C–C–N with tert-alkyl or cyclic N) is 1. The molecule has 2 aliphatic rings. The molecule has 1 saturated carbocycles. The number of carbonyl (C=O) groups excluding carboxylic acids is 1. The van der Waals surface area contributed by atoms with Crippen molar-refractivity contribution in [1.82, 2.24) is 15.4 Å². The van der Waals surface area contributed by atoms with Crippen molar-refractivity contribution < 1.29 is 18.3 Å². The molecule has 23 heavy (non-hydrogen) atoms. The molecule has 9 heteroatoms. The molecular formula is C14H28ClN3O4S. The first kappa shape index (κ1) is 20.6. The van der Waals surface area contributed by atoms with Crippen LogP contribution in [0.2, 0.25) is 0 Å². The molecule has 1 aliphatic carbocycles. The van der Waals surface area contributed by atoms with Crippen molar-refractivity contribution >= 4 is 28.3 Å². The van der Waals surface area contributed by atoms with Crippen LogP contribution in [0.15, 0.2) is 0 Å². The quantitative estimate of drug-likeness (QED) is 0.509. The van der Waals surface area contributed by atoms with Crippen molar-refractivity contribution in [3.8, 4) is 0 Å². The van der Waals surface area contributed by atoms with Crippen LogP contribution in [0.1, 0.15) is 32.6 Å². The van der Waals surface area contributed by atoms with E-state index in [1.807, 2.05) is 0 Å². The Balaban J connectivity index is 0.00000264. The van der Waals surface area contributed by atoms with E-state index in [-0.39, 0.29) is 24.4 Å². The second-order valence-electron chi connectivity index (χ2n) is 6.62. The molecule has 0 aromatic rings. The lowest BCUT2D eigenvalue weighted by Gasteiger charge is -2.26. The number of halogens is 1. The van der Waals surface area contributed by atoms with Gasteiger partial charge in [-0.1, -0.05) is 6.92 Å². The minimum absolute atomic E-state index is 0. The molecule has 0 bridgehead atoms. The zero-order chi connectivity index (χ0) is 16.2. The fourth-order valence-corrected chi connectivity index (χ4v) is 4.34. The first-order valence-corrected chi connectivity index (χ1v) is 9.66. The third kappa shape index (κ3) is 6.93. The zero-order valence-corrected chi connectivity index (χ0v) is 15.1. The van der Waals surface area contributed by atoms with Crippen molar-refractivity contribution in [3.63, 3.8) is 0 Å². The normalized spacial score (nSPS) is 31.4. The first-order chi connectivity index (χ1) is 10.4. The minimum atomic E-state index is -3.60. The molecule has 0 spiro atoms. The van der Waals surface area contributed by atoms with Gasteiger partial charge >= 0.3 is 0 Å². The van der Waals surface area contributed by atoms with Gasteiger partial charge in [-0.05, 0) is 31.6 Å². The van der Waals surface area contributed by atoms with E-state index in [9.17, 15) is 18.3 Å². The van der Waals surface area contributed by atoms with E-state index < -0.39 is 27.8 Å². The standard InChI is InChI=1S/C14H27N3O4S.ClH/c1-10-2-4-12(5-3-10)17-22(20,21)9-14(19)16-7-11-6-15-8-13(11)18;/h10-13,15,17-18H,2-9H2,1H3,(H,16,19);1H. The Bertz CT molecular complexity index is 480. The molecule has 2 atom stereocenters. The predicted molar refractivity (Wildman–Crippen MR) is 91.0 cm³/mol. The zero-order valence-electron chi connectivity index (χ0n) is 13.5. The van der Waals surface area contributed by atoms with Gasteiger partial charge in [0.15, 0.2) is 0 Å². The van der Waals surface area contributed by atoms with Crippen molar-refractivity contribution in [3.05, 3.63) is 0 Å². The molecule has 1 aliphatic heterocycles. The second-order valence-corrected chi connectivity index (χ2v) is 8.38. The highest BCUT2D eigenvalue weighted by Crippen LogP contribution is 2.23. The lowest BCUT2D eigenvalue weighted by atomic mass is 9.88. The number of carbonyl (C=O) groups is 1. The van der Waals surface area contributed by atoms with Gasteiger partial charge < -0.3 is 15.7 Å². The van der Waals surface area contributed by atoms with E-state index in [4.69, 9.17) is 0 Å². The molecule has 0 aromatic heterocycles. The summed E-state index contributed by atoms with van der Waals surface area (Å²) in [6.45, 7) is 3.61. The van der Waals surface area contributed by atoms with Gasteiger partial charge in [-0.25, -0.2) is 13.1 Å². The number of sulfonamides is 1. The Morgan fingerprint density at radius 1 is 1.22 bits per heavy atom. The topological polar surface area (TPSA) is 108 Å². The Morgan fingerprint density at radius 3 is 2.43 bits per heavy atom. The maximum atomic E-state index is 12.0. The van der Waals surface area contributed by atoms with Gasteiger partial charge in [0.1, 0.15) is 5.75 Å². The van der Waals surface area contributed by atoms with Gasteiger partial charge in [0.25, 0.3) is 0 Å². The maximum Gasteiger partial charge on any atom is 0.236 e. The Kier molecular flexibility index (Phi) is 8.23. The Labute approximate surface area is 144 Å². The fraction of sp³-hybridized carbons (Fsp3) is 0.929. The Hall–Kier alpha value is -0.410. The molecule has 1 amide bonds. The molecular weight excluding hydrogens is 342 g/mol. The van der Waals surface area contributed by atoms with E-state index in [0.717, 1.165) is 25.7 Å². The first-order valence-electron chi connectivity index (χ1n) is 8.01. The highest BCUT2D eigenvalue weighted by Gasteiger charge is 2.27. The van der Waals surface area contributed by atoms with Crippen LogP contribution in [-0.2, 0) is 14.8 Å². The smallest absolute Gasteiger partial charge is 0.236 e. The van der Waals surface area contributed by atoms with Crippen molar-refractivity contribution in [2.45, 2.75) is 44.8 Å². The summed E-state index contributed by atoms with van der Waals surface area (Å²) >= 11 is 0. The highest BCUT2D eigenvalue weighted by atomic mass is 35.5. The van der Waals surface area contributed by atoms with Crippen molar-refractivity contribution in [2.24, 2.45) is 11.8 Å². The van der Waals surface area contributed by atoms with E-state index in [0.29, 0.717) is 25.6 Å². The summed E-state index contributed by atoms with van der Waals surface area (Å²) in [7, 11) is -3.60. The largest absolute Gasteiger partial charge is 0.391 e. The summed E-state index contributed by atoms with van der Waals surface area (Å²) in [6.07, 6.45) is 3.22. The van der Waals surface area contributed by atoms with Crippen LogP contribution in [0.25, 0.3) is 0 Å². The van der Waals surface area contributed by atoms with Crippen LogP contribution in [0.4, 0.5) is 0 Å². The van der Waals surface area contributed by atoms with Crippen molar-refractivity contribution in [2.75, 3.05) is 25.4 Å². The monoisotopic (exact) mass is 369 g/mol. The molecule has 2 fully saturated rings. The lowest BCUT2D eigenvalue weighted by molar-refractivity contribution is -0.118. The summed E-state index contributed by atoms with van der Waals surface area (Å²) in [5.41, 5.74) is 0. The van der Waals surface area contributed by atoms with Crippen LogP contribution in [0.3, 0.4) is 0 Å².